The highest BCUT2D eigenvalue weighted by atomic mass is 79.9. The second-order valence-corrected chi connectivity index (χ2v) is 7.05. The van der Waals surface area contributed by atoms with Gasteiger partial charge in [-0.05, 0) is 58.6 Å². The van der Waals surface area contributed by atoms with Crippen LogP contribution in [0.15, 0.2) is 22.7 Å². The van der Waals surface area contributed by atoms with Crippen LogP contribution in [0.3, 0.4) is 0 Å². The third kappa shape index (κ3) is 6.90. The Hall–Kier alpha value is -1.58. The fraction of sp³-hybridized carbons (Fsp3) is 0.400. The van der Waals surface area contributed by atoms with Crippen molar-refractivity contribution in [2.45, 2.75) is 19.3 Å². The molecule has 1 atom stereocenters. The van der Waals surface area contributed by atoms with Gasteiger partial charge in [0.15, 0.2) is 0 Å². The molecule has 0 radical (unpaired) electrons. The first-order valence-electron chi connectivity index (χ1n) is 7.10. The van der Waals surface area contributed by atoms with E-state index in [1.54, 1.807) is 12.1 Å². The number of benzene rings is 1. The van der Waals surface area contributed by atoms with Crippen molar-refractivity contribution in [1.29, 1.82) is 0 Å². The Bertz CT molecular complexity index is 610. The Morgan fingerprint density at radius 2 is 1.96 bits per heavy atom. The van der Waals surface area contributed by atoms with E-state index in [1.165, 1.54) is 23.3 Å². The molecule has 24 heavy (non-hydrogen) atoms. The molecule has 0 aliphatic carbocycles. The summed E-state index contributed by atoms with van der Waals surface area (Å²) in [7, 11) is 0. The number of amides is 1. The molecule has 0 fully saturated rings. The molecule has 7 nitrogen and oxygen atoms in total. The molecule has 1 rings (SSSR count). The second-order valence-electron chi connectivity index (χ2n) is 5.09. The van der Waals surface area contributed by atoms with Crippen LogP contribution in [0.25, 0.3) is 0 Å². The highest BCUT2D eigenvalue weighted by Gasteiger charge is 2.19. The quantitative estimate of drug-likeness (QED) is 0.260. The number of carboxylic acids is 2. The summed E-state index contributed by atoms with van der Waals surface area (Å²) in [6.07, 6.45) is 1.37. The van der Waals surface area contributed by atoms with Crippen LogP contribution in [0.2, 0.25) is 0 Å². The van der Waals surface area contributed by atoms with Crippen molar-refractivity contribution < 1.29 is 29.8 Å². The summed E-state index contributed by atoms with van der Waals surface area (Å²) >= 11 is 4.49. The minimum absolute atomic E-state index is 0.123. The van der Waals surface area contributed by atoms with Crippen LogP contribution in [0.4, 0.5) is 0 Å². The zero-order valence-corrected chi connectivity index (χ0v) is 15.1. The van der Waals surface area contributed by atoms with Gasteiger partial charge in [0.2, 0.25) is 0 Å². The van der Waals surface area contributed by atoms with Crippen molar-refractivity contribution >= 4 is 45.5 Å². The van der Waals surface area contributed by atoms with Gasteiger partial charge in [0.1, 0.15) is 0 Å². The fourth-order valence-corrected chi connectivity index (χ4v) is 3.45. The zero-order valence-electron chi connectivity index (χ0n) is 12.7. The first-order valence-corrected chi connectivity index (χ1v) is 9.05. The van der Waals surface area contributed by atoms with Gasteiger partial charge in [-0.2, -0.15) is 11.8 Å². The predicted molar refractivity (Wildman–Crippen MR) is 92.4 cm³/mol. The summed E-state index contributed by atoms with van der Waals surface area (Å²) in [6, 6.07) is 4.69. The molecule has 1 amide bonds. The Labute approximate surface area is 151 Å². The van der Waals surface area contributed by atoms with Gasteiger partial charge in [0.25, 0.3) is 5.91 Å². The maximum Gasteiger partial charge on any atom is 0.336 e. The number of hydroxylamine groups is 1. The molecule has 0 spiro atoms. The number of nitrogens with one attached hydrogen (secondary N) is 1. The van der Waals surface area contributed by atoms with Crippen LogP contribution in [0.1, 0.15) is 28.8 Å². The van der Waals surface area contributed by atoms with E-state index in [0.717, 1.165) is 5.56 Å². The summed E-state index contributed by atoms with van der Waals surface area (Å²) in [4.78, 5) is 33.2. The molecule has 0 aliphatic rings. The normalized spacial score (nSPS) is 11.8. The van der Waals surface area contributed by atoms with E-state index >= 15 is 0 Å². The number of carbonyl (C=O) groups excluding carboxylic acids is 1. The molecule has 132 valence electrons. The van der Waals surface area contributed by atoms with Crippen LogP contribution in [-0.4, -0.2) is 44.8 Å². The molecule has 9 heteroatoms. The molecule has 1 aromatic carbocycles. The van der Waals surface area contributed by atoms with Crippen molar-refractivity contribution in [2.75, 3.05) is 11.5 Å². The highest BCUT2D eigenvalue weighted by Crippen LogP contribution is 2.22. The SMILES string of the molecule is O=C(CSCCCC(Cc1ccc(C(=O)O)c(Br)c1)C(=O)O)NO. The summed E-state index contributed by atoms with van der Waals surface area (Å²) in [5.41, 5.74) is 2.40. The van der Waals surface area contributed by atoms with Crippen molar-refractivity contribution in [3.8, 4) is 0 Å². The zero-order chi connectivity index (χ0) is 18.1. The first kappa shape index (κ1) is 20.5. The molecule has 0 heterocycles. The summed E-state index contributed by atoms with van der Waals surface area (Å²) in [5, 5.41) is 26.7. The Morgan fingerprint density at radius 3 is 2.50 bits per heavy atom. The van der Waals surface area contributed by atoms with Crippen LogP contribution in [0, 0.1) is 5.92 Å². The van der Waals surface area contributed by atoms with E-state index in [9.17, 15) is 19.5 Å². The minimum atomic E-state index is -1.05. The Kier molecular flexibility index (Phi) is 8.80. The number of carboxylic acid groups (broad SMARTS) is 2. The first-order chi connectivity index (χ1) is 11.3. The number of halogens is 1. The number of hydrogen-bond acceptors (Lipinski definition) is 5. The number of carbonyl (C=O) groups is 3. The maximum absolute atomic E-state index is 11.4. The van der Waals surface area contributed by atoms with Crippen LogP contribution in [0.5, 0.6) is 0 Å². The van der Waals surface area contributed by atoms with Gasteiger partial charge in [0, 0.05) is 4.47 Å². The molecule has 1 aromatic rings. The molecule has 0 aromatic heterocycles. The fourth-order valence-electron chi connectivity index (χ4n) is 2.09. The third-order valence-corrected chi connectivity index (χ3v) is 4.99. The largest absolute Gasteiger partial charge is 0.481 e. The van der Waals surface area contributed by atoms with Crippen LogP contribution >= 0.6 is 27.7 Å². The van der Waals surface area contributed by atoms with Gasteiger partial charge in [-0.15, -0.1) is 0 Å². The highest BCUT2D eigenvalue weighted by molar-refractivity contribution is 9.10. The van der Waals surface area contributed by atoms with Gasteiger partial charge in [-0.25, -0.2) is 10.3 Å². The summed E-state index contributed by atoms with van der Waals surface area (Å²) in [5.74, 6) is -2.30. The van der Waals surface area contributed by atoms with Gasteiger partial charge < -0.3 is 10.2 Å². The molecular formula is C15H18BrNO6S. The summed E-state index contributed by atoms with van der Waals surface area (Å²) < 4.78 is 0.419. The predicted octanol–water partition coefficient (Wildman–Crippen LogP) is 2.41. The molecule has 0 saturated heterocycles. The van der Waals surface area contributed by atoms with Gasteiger partial charge in [-0.3, -0.25) is 14.8 Å². The van der Waals surface area contributed by atoms with Crippen LogP contribution < -0.4 is 5.48 Å². The van der Waals surface area contributed by atoms with E-state index in [1.807, 2.05) is 0 Å². The minimum Gasteiger partial charge on any atom is -0.481 e. The van der Waals surface area contributed by atoms with E-state index in [-0.39, 0.29) is 11.3 Å². The molecule has 0 aliphatic heterocycles. The lowest BCUT2D eigenvalue weighted by molar-refractivity contribution is -0.142. The van der Waals surface area contributed by atoms with Crippen molar-refractivity contribution in [3.05, 3.63) is 33.8 Å². The Balaban J connectivity index is 2.54. The number of aliphatic carboxylic acids is 1. The van der Waals surface area contributed by atoms with E-state index in [4.69, 9.17) is 10.3 Å². The molecule has 1 unspecified atom stereocenters. The maximum atomic E-state index is 11.4. The number of hydrogen-bond donors (Lipinski definition) is 4. The van der Waals surface area contributed by atoms with Crippen molar-refractivity contribution in [3.63, 3.8) is 0 Å². The van der Waals surface area contributed by atoms with Crippen molar-refractivity contribution in [2.24, 2.45) is 5.92 Å². The van der Waals surface area contributed by atoms with E-state index < -0.39 is 23.8 Å². The lowest BCUT2D eigenvalue weighted by Crippen LogP contribution is -2.21. The Morgan fingerprint density at radius 1 is 1.25 bits per heavy atom. The average molecular weight is 420 g/mol. The van der Waals surface area contributed by atoms with Gasteiger partial charge in [-0.1, -0.05) is 6.07 Å². The molecule has 0 saturated carbocycles. The molecular weight excluding hydrogens is 402 g/mol. The van der Waals surface area contributed by atoms with Gasteiger partial charge in [0.05, 0.1) is 17.2 Å². The second kappa shape index (κ2) is 10.3. The van der Waals surface area contributed by atoms with Crippen molar-refractivity contribution in [1.82, 2.24) is 5.48 Å². The average Bonchev–Trinajstić information content (AvgIpc) is 2.52. The molecule has 4 N–H and O–H groups in total. The monoisotopic (exact) mass is 419 g/mol. The molecule has 0 bridgehead atoms. The smallest absolute Gasteiger partial charge is 0.336 e. The number of aromatic carboxylic acids is 1. The standard InChI is InChI=1S/C15H18BrNO6S/c16-12-7-9(3-4-11(12)15(21)22)6-10(14(19)20)2-1-5-24-8-13(18)17-23/h3-4,7,10,23H,1-2,5-6,8H2,(H,17,18)(H,19,20)(H,21,22). The number of rotatable bonds is 10. The van der Waals surface area contributed by atoms with Crippen LogP contribution in [-0.2, 0) is 16.0 Å². The topological polar surface area (TPSA) is 124 Å². The van der Waals surface area contributed by atoms with E-state index in [0.29, 0.717) is 29.5 Å². The lowest BCUT2D eigenvalue weighted by atomic mass is 9.94. The van der Waals surface area contributed by atoms with Gasteiger partial charge >= 0.3 is 11.9 Å². The summed E-state index contributed by atoms with van der Waals surface area (Å²) in [6.45, 7) is 0. The third-order valence-electron chi connectivity index (χ3n) is 3.29. The lowest BCUT2D eigenvalue weighted by Gasteiger charge is -2.13. The van der Waals surface area contributed by atoms with E-state index in [2.05, 4.69) is 15.9 Å². The number of thioether (sulfide) groups is 1.